The van der Waals surface area contributed by atoms with Crippen LogP contribution in [0.15, 0.2) is 60.7 Å². The first-order chi connectivity index (χ1) is 36.8. The second-order valence-corrected chi connectivity index (χ2v) is 21.1. The number of para-hydroxylation sites is 2. The number of rotatable bonds is 6. The number of nitrogens with zero attached hydrogens (tertiary/aromatic N) is 6. The topological polar surface area (TPSA) is 316 Å². The van der Waals surface area contributed by atoms with Crippen molar-refractivity contribution in [2.45, 2.75) is 83.8 Å². The average molecular weight is 1100 g/mol. The van der Waals surface area contributed by atoms with Gasteiger partial charge in [0.05, 0.1) is 17.0 Å². The van der Waals surface area contributed by atoms with Crippen molar-refractivity contribution >= 4 is 92.8 Å². The number of cyclic esters (lactones) is 2. The van der Waals surface area contributed by atoms with Crippen LogP contribution in [0.25, 0.3) is 21.8 Å². The van der Waals surface area contributed by atoms with Gasteiger partial charge in [-0.25, -0.2) is 19.6 Å². The number of aromatic hydroxyl groups is 2. The number of hydrogen-bond acceptors (Lipinski definition) is 17. The molecule has 6 N–H and O–H groups in total. The maximum absolute atomic E-state index is 14.9. The zero-order valence-electron chi connectivity index (χ0n) is 45.0. The highest BCUT2D eigenvalue weighted by Gasteiger charge is 2.42. The molecule has 0 aliphatic carbocycles. The lowest BCUT2D eigenvalue weighted by atomic mass is 10.0. The normalized spacial score (nSPS) is 24.4. The quantitative estimate of drug-likeness (QED) is 0.146. The molecule has 0 spiro atoms. The number of aromatic nitrogens is 2. The van der Waals surface area contributed by atoms with Crippen molar-refractivity contribution in [3.05, 3.63) is 72.1 Å². The Kier molecular flexibility index (Phi) is 19.2. The molecule has 2 aliphatic heterocycles. The summed E-state index contributed by atoms with van der Waals surface area (Å²) in [6.45, 7) is 7.20. The van der Waals surface area contributed by atoms with Crippen LogP contribution in [0.5, 0.6) is 11.5 Å². The number of thioether (sulfide) groups is 1. The third-order valence-corrected chi connectivity index (χ3v) is 14.7. The van der Waals surface area contributed by atoms with E-state index < -0.39 is 155 Å². The number of fused-ring (bicyclic) bond motifs is 6. The van der Waals surface area contributed by atoms with E-state index >= 15 is 0 Å². The van der Waals surface area contributed by atoms with Crippen LogP contribution in [0.1, 0.15) is 62.5 Å². The van der Waals surface area contributed by atoms with Crippen molar-refractivity contribution in [3.63, 3.8) is 0 Å². The lowest BCUT2D eigenvalue weighted by Crippen LogP contribution is -2.59. The fourth-order valence-corrected chi connectivity index (χ4v) is 10.5. The van der Waals surface area contributed by atoms with Crippen LogP contribution < -0.4 is 21.3 Å². The molecule has 0 radical (unpaired) electrons. The van der Waals surface area contributed by atoms with E-state index in [1.54, 1.807) is 76.2 Å². The summed E-state index contributed by atoms with van der Waals surface area (Å²) in [6.07, 6.45) is 0. The molecule has 24 nitrogen and oxygen atoms in total. The fourth-order valence-electron chi connectivity index (χ4n) is 9.25. The van der Waals surface area contributed by atoms with Crippen LogP contribution in [-0.2, 0) is 47.8 Å². The van der Waals surface area contributed by atoms with Gasteiger partial charge in [0, 0.05) is 57.0 Å². The Balaban J connectivity index is 1.39. The summed E-state index contributed by atoms with van der Waals surface area (Å²) in [6, 6.07) is 5.54. The summed E-state index contributed by atoms with van der Waals surface area (Å²) in [4.78, 5) is 156. The highest BCUT2D eigenvalue weighted by molar-refractivity contribution is 7.99. The van der Waals surface area contributed by atoms with Crippen LogP contribution in [-0.4, -0.2) is 201 Å². The molecule has 2 aromatic heterocycles. The SMILES string of the molecule is CC(C)[C@H]1C(=O)OC[C@@H](NC(=O)c2nc3ccccc3cc2O)C(=O)N[C@@H](C)C(=O)N(C)[C@H]2CSC[C@H](CN(C)C(=O)[C@H](C)NC(=O)[C@H](NC(=O)c3nc4ccccc4cc3O)COC(=O)[C@H](C(C)C)N(C)C2=O)C(=O)N1C. The van der Waals surface area contributed by atoms with Crippen LogP contribution in [0.3, 0.4) is 0 Å². The molecule has 4 heterocycles. The summed E-state index contributed by atoms with van der Waals surface area (Å²) in [5.74, 6) is -12.9. The van der Waals surface area contributed by atoms with Gasteiger partial charge in [-0.2, -0.15) is 11.8 Å². The van der Waals surface area contributed by atoms with Gasteiger partial charge >= 0.3 is 11.9 Å². The van der Waals surface area contributed by atoms with Crippen molar-refractivity contribution in [3.8, 4) is 11.5 Å². The second kappa shape index (κ2) is 25.4. The van der Waals surface area contributed by atoms with Gasteiger partial charge in [-0.15, -0.1) is 0 Å². The minimum atomic E-state index is -1.73. The van der Waals surface area contributed by atoms with Crippen molar-refractivity contribution in [2.24, 2.45) is 17.8 Å². The highest BCUT2D eigenvalue weighted by Crippen LogP contribution is 2.26. The van der Waals surface area contributed by atoms with Gasteiger partial charge in [0.2, 0.25) is 35.4 Å². The second-order valence-electron chi connectivity index (χ2n) is 20.1. The number of hydrogen-bond donors (Lipinski definition) is 6. The Morgan fingerprint density at radius 2 is 1.04 bits per heavy atom. The maximum Gasteiger partial charge on any atom is 0.329 e. The first-order valence-electron chi connectivity index (χ1n) is 25.2. The molecule has 25 heteroatoms. The smallest absolute Gasteiger partial charge is 0.329 e. The average Bonchev–Trinajstić information content (AvgIpc) is 3.41. The predicted octanol–water partition coefficient (Wildman–Crippen LogP) is 0.815. The minimum absolute atomic E-state index is 0.119. The molecule has 2 fully saturated rings. The first kappa shape index (κ1) is 59.2. The van der Waals surface area contributed by atoms with Gasteiger partial charge in [-0.1, -0.05) is 64.1 Å². The number of ether oxygens (including phenoxy) is 2. The molecule has 2 bridgehead atoms. The number of amides is 8. The van der Waals surface area contributed by atoms with Crippen molar-refractivity contribution < 1.29 is 67.6 Å². The molecule has 78 heavy (non-hydrogen) atoms. The molecule has 418 valence electrons. The van der Waals surface area contributed by atoms with E-state index in [0.29, 0.717) is 21.8 Å². The Labute approximate surface area is 454 Å². The summed E-state index contributed by atoms with van der Waals surface area (Å²) in [5.41, 5.74) is -0.248. The van der Waals surface area contributed by atoms with Gasteiger partial charge in [0.25, 0.3) is 11.8 Å². The van der Waals surface area contributed by atoms with Crippen LogP contribution in [0.2, 0.25) is 0 Å². The van der Waals surface area contributed by atoms with E-state index in [1.807, 2.05) is 0 Å². The number of benzene rings is 2. The van der Waals surface area contributed by atoms with Crippen LogP contribution in [0.4, 0.5) is 0 Å². The Morgan fingerprint density at radius 3 is 1.49 bits per heavy atom. The molecular formula is C53H66N10O14S. The lowest BCUT2D eigenvalue weighted by Gasteiger charge is -2.37. The number of carbonyl (C=O) groups is 10. The van der Waals surface area contributed by atoms with Gasteiger partial charge in [0.1, 0.15) is 67.0 Å². The van der Waals surface area contributed by atoms with E-state index in [-0.39, 0.29) is 18.1 Å². The number of nitrogens with one attached hydrogen (secondary N) is 4. The fraction of sp³-hybridized carbons (Fsp3) is 0.472. The van der Waals surface area contributed by atoms with Crippen molar-refractivity contribution in [2.75, 3.05) is 59.5 Å². The largest absolute Gasteiger partial charge is 0.505 e. The zero-order chi connectivity index (χ0) is 57.4. The standard InChI is InChI=1S/C53H66N10O14S/c1-26(2)42-52(74)76-23-36(59-47(69)41-39(65)20-31-16-12-14-18-34(31)57-41)45(67)55-29(6)49(71)61(8)37-25-78-24-32(50(72)62(42)9)21-60(7)48(70)28(5)54-44(66)35(22-77-53(75)43(27(3)4)63(10)51(37)73)58-46(68)40-38(64)19-30-15-11-13-17-33(30)56-40/h11-20,26-29,32,35-37,42-43,64-65H,21-25H2,1-10H3,(H,54,66)(H,55,67)(H,58,68)(H,59,69)/t28-,29-,32-,35+,36+,37-,42-,43-/m0/s1. The lowest BCUT2D eigenvalue weighted by molar-refractivity contribution is -0.159. The maximum atomic E-state index is 14.9. The van der Waals surface area contributed by atoms with Gasteiger partial charge in [0.15, 0.2) is 11.4 Å². The molecule has 2 aliphatic rings. The molecule has 8 amide bonds. The summed E-state index contributed by atoms with van der Waals surface area (Å²) < 4.78 is 11.4. The van der Waals surface area contributed by atoms with Gasteiger partial charge in [-0.3, -0.25) is 38.4 Å². The van der Waals surface area contributed by atoms with E-state index in [2.05, 4.69) is 31.2 Å². The van der Waals surface area contributed by atoms with Gasteiger partial charge in [-0.05, 0) is 49.9 Å². The molecular weight excluding hydrogens is 1030 g/mol. The Morgan fingerprint density at radius 1 is 0.615 bits per heavy atom. The molecule has 0 saturated carbocycles. The monoisotopic (exact) mass is 1100 g/mol. The number of esters is 2. The number of likely N-dealkylation sites (N-methyl/N-ethyl adjacent to an activating group) is 4. The highest BCUT2D eigenvalue weighted by atomic mass is 32.2. The number of pyridine rings is 2. The number of carbonyl (C=O) groups excluding carboxylic acids is 10. The van der Waals surface area contributed by atoms with E-state index in [4.69, 9.17) is 9.47 Å². The first-order valence-corrected chi connectivity index (χ1v) is 26.3. The summed E-state index contributed by atoms with van der Waals surface area (Å²) >= 11 is 1.06. The summed E-state index contributed by atoms with van der Waals surface area (Å²) in [5, 5.41) is 32.6. The molecule has 0 unspecified atom stereocenters. The van der Waals surface area contributed by atoms with E-state index in [1.165, 1.54) is 59.1 Å². The predicted molar refractivity (Wildman–Crippen MR) is 284 cm³/mol. The zero-order valence-corrected chi connectivity index (χ0v) is 45.8. The summed E-state index contributed by atoms with van der Waals surface area (Å²) in [7, 11) is 5.34. The third kappa shape index (κ3) is 13.5. The minimum Gasteiger partial charge on any atom is -0.505 e. The Hall–Kier alpha value is -8.09. The third-order valence-electron chi connectivity index (χ3n) is 13.5. The Bertz CT molecular complexity index is 2990. The molecule has 2 saturated heterocycles. The van der Waals surface area contributed by atoms with Crippen LogP contribution >= 0.6 is 11.8 Å². The van der Waals surface area contributed by atoms with Crippen molar-refractivity contribution in [1.82, 2.24) is 50.8 Å². The van der Waals surface area contributed by atoms with E-state index in [9.17, 15) is 58.2 Å². The molecule has 2 aromatic carbocycles. The van der Waals surface area contributed by atoms with Crippen LogP contribution in [0, 0.1) is 17.8 Å². The molecule has 4 aromatic rings. The van der Waals surface area contributed by atoms with Crippen molar-refractivity contribution in [1.29, 1.82) is 0 Å². The molecule has 8 atom stereocenters. The van der Waals surface area contributed by atoms with Gasteiger partial charge < -0.3 is 60.6 Å². The molecule has 6 rings (SSSR count). The van der Waals surface area contributed by atoms with E-state index in [0.717, 1.165) is 26.5 Å².